The van der Waals surface area contributed by atoms with Gasteiger partial charge in [0, 0.05) is 18.0 Å². The molecule has 1 N–H and O–H groups in total. The Hall–Kier alpha value is -0.610. The standard InChI is InChI=1S/C9H15N3S/c1-3-11-8(2)6-13-9-4-5-10-7-12-9/h4-5,7-8,11H,3,6H2,1-2H3. The van der Waals surface area contributed by atoms with E-state index in [0.29, 0.717) is 6.04 Å². The molecule has 0 aliphatic rings. The van der Waals surface area contributed by atoms with Crippen LogP contribution in [0.25, 0.3) is 0 Å². The molecule has 0 saturated heterocycles. The lowest BCUT2D eigenvalue weighted by Crippen LogP contribution is -2.27. The van der Waals surface area contributed by atoms with Gasteiger partial charge in [0.15, 0.2) is 0 Å². The Morgan fingerprint density at radius 3 is 3.08 bits per heavy atom. The van der Waals surface area contributed by atoms with Crippen molar-refractivity contribution in [1.29, 1.82) is 0 Å². The van der Waals surface area contributed by atoms with Crippen LogP contribution in [0.5, 0.6) is 0 Å². The fourth-order valence-electron chi connectivity index (χ4n) is 0.982. The lowest BCUT2D eigenvalue weighted by atomic mass is 10.4. The van der Waals surface area contributed by atoms with Gasteiger partial charge in [-0.25, -0.2) is 9.97 Å². The van der Waals surface area contributed by atoms with Crippen LogP contribution in [0, 0.1) is 0 Å². The summed E-state index contributed by atoms with van der Waals surface area (Å²) in [7, 11) is 0. The second kappa shape index (κ2) is 5.94. The van der Waals surface area contributed by atoms with E-state index in [-0.39, 0.29) is 0 Å². The second-order valence-corrected chi connectivity index (χ2v) is 3.86. The smallest absolute Gasteiger partial charge is 0.116 e. The number of thioether (sulfide) groups is 1. The molecular formula is C9H15N3S. The van der Waals surface area contributed by atoms with E-state index < -0.39 is 0 Å². The number of nitrogens with zero attached hydrogens (tertiary/aromatic N) is 2. The third-order valence-electron chi connectivity index (χ3n) is 1.59. The Balaban J connectivity index is 2.27. The van der Waals surface area contributed by atoms with Crippen LogP contribution >= 0.6 is 11.8 Å². The molecule has 1 aromatic heterocycles. The fraction of sp³-hybridized carbons (Fsp3) is 0.556. The minimum atomic E-state index is 0.532. The summed E-state index contributed by atoms with van der Waals surface area (Å²) in [6, 6.07) is 2.47. The molecule has 4 heteroatoms. The monoisotopic (exact) mass is 197 g/mol. The van der Waals surface area contributed by atoms with Gasteiger partial charge in [0.05, 0.1) is 5.03 Å². The fourth-order valence-corrected chi connectivity index (χ4v) is 1.80. The summed E-state index contributed by atoms with van der Waals surface area (Å²) in [4.78, 5) is 8.00. The Bertz CT molecular complexity index is 228. The Morgan fingerprint density at radius 2 is 2.46 bits per heavy atom. The highest BCUT2D eigenvalue weighted by Crippen LogP contribution is 2.13. The first kappa shape index (κ1) is 10.5. The molecule has 0 spiro atoms. The summed E-state index contributed by atoms with van der Waals surface area (Å²) in [6.45, 7) is 5.31. The average Bonchev–Trinajstić information content (AvgIpc) is 2.17. The largest absolute Gasteiger partial charge is 0.314 e. The van der Waals surface area contributed by atoms with Crippen LogP contribution in [-0.4, -0.2) is 28.3 Å². The molecule has 0 radical (unpaired) electrons. The zero-order chi connectivity index (χ0) is 9.52. The van der Waals surface area contributed by atoms with E-state index in [2.05, 4.69) is 29.1 Å². The van der Waals surface area contributed by atoms with E-state index in [1.807, 2.05) is 6.07 Å². The molecule has 1 unspecified atom stereocenters. The van der Waals surface area contributed by atoms with Crippen molar-refractivity contribution in [3.8, 4) is 0 Å². The number of aromatic nitrogens is 2. The van der Waals surface area contributed by atoms with Gasteiger partial charge in [-0.15, -0.1) is 11.8 Å². The number of hydrogen-bond donors (Lipinski definition) is 1. The summed E-state index contributed by atoms with van der Waals surface area (Å²) in [5, 5.41) is 4.39. The van der Waals surface area contributed by atoms with Gasteiger partial charge in [0.1, 0.15) is 6.33 Å². The molecule has 1 rings (SSSR count). The summed E-state index contributed by atoms with van der Waals surface area (Å²) in [5.74, 6) is 1.05. The zero-order valence-electron chi connectivity index (χ0n) is 8.03. The molecule has 3 nitrogen and oxygen atoms in total. The normalized spacial score (nSPS) is 12.8. The van der Waals surface area contributed by atoms with E-state index in [9.17, 15) is 0 Å². The maximum atomic E-state index is 4.13. The molecule has 0 saturated carbocycles. The van der Waals surface area contributed by atoms with E-state index in [0.717, 1.165) is 17.3 Å². The van der Waals surface area contributed by atoms with Crippen molar-refractivity contribution in [3.63, 3.8) is 0 Å². The quantitative estimate of drug-likeness (QED) is 0.574. The van der Waals surface area contributed by atoms with Crippen LogP contribution in [0.3, 0.4) is 0 Å². The van der Waals surface area contributed by atoms with Crippen LogP contribution in [0.2, 0.25) is 0 Å². The SMILES string of the molecule is CCNC(C)CSc1ccncn1. The molecule has 13 heavy (non-hydrogen) atoms. The van der Waals surface area contributed by atoms with Crippen molar-refractivity contribution < 1.29 is 0 Å². The molecule has 0 aromatic carbocycles. The van der Waals surface area contributed by atoms with Gasteiger partial charge in [-0.3, -0.25) is 0 Å². The number of hydrogen-bond acceptors (Lipinski definition) is 4. The summed E-state index contributed by atoms with van der Waals surface area (Å²) in [6.07, 6.45) is 3.35. The molecule has 0 aliphatic heterocycles. The number of rotatable bonds is 5. The van der Waals surface area contributed by atoms with Crippen molar-refractivity contribution in [3.05, 3.63) is 18.6 Å². The van der Waals surface area contributed by atoms with Gasteiger partial charge in [0.2, 0.25) is 0 Å². The highest BCUT2D eigenvalue weighted by Gasteiger charge is 2.00. The molecule has 0 amide bonds. The Morgan fingerprint density at radius 1 is 1.62 bits per heavy atom. The van der Waals surface area contributed by atoms with Crippen molar-refractivity contribution in [2.24, 2.45) is 0 Å². The Labute approximate surface area is 83.4 Å². The van der Waals surface area contributed by atoms with E-state index in [1.54, 1.807) is 24.3 Å². The maximum absolute atomic E-state index is 4.13. The summed E-state index contributed by atoms with van der Waals surface area (Å²) >= 11 is 1.75. The van der Waals surface area contributed by atoms with Gasteiger partial charge in [-0.05, 0) is 19.5 Å². The van der Waals surface area contributed by atoms with E-state index in [4.69, 9.17) is 0 Å². The average molecular weight is 197 g/mol. The second-order valence-electron chi connectivity index (χ2n) is 2.82. The van der Waals surface area contributed by atoms with Crippen molar-refractivity contribution in [1.82, 2.24) is 15.3 Å². The summed E-state index contributed by atoms with van der Waals surface area (Å²) < 4.78 is 0. The van der Waals surface area contributed by atoms with Gasteiger partial charge in [-0.1, -0.05) is 6.92 Å². The first-order valence-electron chi connectivity index (χ1n) is 4.45. The predicted octanol–water partition coefficient (Wildman–Crippen LogP) is 1.57. The number of nitrogens with one attached hydrogen (secondary N) is 1. The van der Waals surface area contributed by atoms with Crippen LogP contribution in [-0.2, 0) is 0 Å². The van der Waals surface area contributed by atoms with Gasteiger partial charge < -0.3 is 5.32 Å². The van der Waals surface area contributed by atoms with Crippen LogP contribution < -0.4 is 5.32 Å². The van der Waals surface area contributed by atoms with Crippen LogP contribution in [0.15, 0.2) is 23.6 Å². The molecular weight excluding hydrogens is 182 g/mol. The zero-order valence-corrected chi connectivity index (χ0v) is 8.84. The van der Waals surface area contributed by atoms with Gasteiger partial charge >= 0.3 is 0 Å². The predicted molar refractivity (Wildman–Crippen MR) is 55.9 cm³/mol. The lowest BCUT2D eigenvalue weighted by Gasteiger charge is -2.10. The molecule has 0 bridgehead atoms. The first-order valence-corrected chi connectivity index (χ1v) is 5.43. The van der Waals surface area contributed by atoms with Crippen molar-refractivity contribution in [2.75, 3.05) is 12.3 Å². The molecule has 1 heterocycles. The molecule has 72 valence electrons. The molecule has 1 aromatic rings. The minimum absolute atomic E-state index is 0.532. The highest BCUT2D eigenvalue weighted by atomic mass is 32.2. The third kappa shape index (κ3) is 4.24. The van der Waals surface area contributed by atoms with Crippen LogP contribution in [0.4, 0.5) is 0 Å². The molecule has 0 aliphatic carbocycles. The van der Waals surface area contributed by atoms with Crippen molar-refractivity contribution in [2.45, 2.75) is 24.9 Å². The topological polar surface area (TPSA) is 37.8 Å². The first-order chi connectivity index (χ1) is 6.33. The van der Waals surface area contributed by atoms with Gasteiger partial charge in [-0.2, -0.15) is 0 Å². The van der Waals surface area contributed by atoms with Gasteiger partial charge in [0.25, 0.3) is 0 Å². The highest BCUT2D eigenvalue weighted by molar-refractivity contribution is 7.99. The Kier molecular flexibility index (Phi) is 4.78. The summed E-state index contributed by atoms with van der Waals surface area (Å²) in [5.41, 5.74) is 0. The maximum Gasteiger partial charge on any atom is 0.116 e. The third-order valence-corrected chi connectivity index (χ3v) is 2.79. The molecule has 0 fully saturated rings. The lowest BCUT2D eigenvalue weighted by molar-refractivity contribution is 0.620. The minimum Gasteiger partial charge on any atom is -0.314 e. The van der Waals surface area contributed by atoms with Crippen molar-refractivity contribution >= 4 is 11.8 Å². The van der Waals surface area contributed by atoms with Crippen LogP contribution in [0.1, 0.15) is 13.8 Å². The van der Waals surface area contributed by atoms with E-state index >= 15 is 0 Å². The molecule has 1 atom stereocenters. The van der Waals surface area contributed by atoms with E-state index in [1.165, 1.54) is 0 Å².